The smallest absolute Gasteiger partial charge is 0.0639 e. The number of nitrogens with one attached hydrogen (secondary N) is 1. The Balaban J connectivity index is 2.04. The highest BCUT2D eigenvalue weighted by atomic mass is 16.5. The SMILES string of the molecule is CCNC1CCCc2cn(CCC(C)(C)OC)cc21. The topological polar surface area (TPSA) is 26.2 Å². The van der Waals surface area contributed by atoms with Gasteiger partial charge >= 0.3 is 0 Å². The van der Waals surface area contributed by atoms with Crippen molar-refractivity contribution in [3.8, 4) is 0 Å². The lowest BCUT2D eigenvalue weighted by Crippen LogP contribution is -2.24. The average molecular weight is 264 g/mol. The van der Waals surface area contributed by atoms with E-state index in [-0.39, 0.29) is 5.60 Å². The van der Waals surface area contributed by atoms with Crippen LogP contribution in [-0.4, -0.2) is 23.8 Å². The standard InChI is InChI=1S/C16H28N2O/c1-5-17-15-8-6-7-13-11-18(12-14(13)15)10-9-16(2,3)19-4/h11-12,15,17H,5-10H2,1-4H3. The lowest BCUT2D eigenvalue weighted by molar-refractivity contribution is 0.0120. The molecule has 0 aromatic carbocycles. The molecule has 0 amide bonds. The first-order valence-electron chi connectivity index (χ1n) is 7.53. The van der Waals surface area contributed by atoms with Gasteiger partial charge in [0.1, 0.15) is 0 Å². The Labute approximate surface area is 117 Å². The Hall–Kier alpha value is -0.800. The fourth-order valence-electron chi connectivity index (χ4n) is 2.84. The maximum Gasteiger partial charge on any atom is 0.0639 e. The molecule has 1 aliphatic carbocycles. The molecule has 3 heteroatoms. The third-order valence-corrected chi connectivity index (χ3v) is 4.29. The van der Waals surface area contributed by atoms with E-state index in [4.69, 9.17) is 4.74 Å². The quantitative estimate of drug-likeness (QED) is 0.853. The number of hydrogen-bond acceptors (Lipinski definition) is 2. The second kappa shape index (κ2) is 6.10. The van der Waals surface area contributed by atoms with Crippen LogP contribution in [0.25, 0.3) is 0 Å². The fraction of sp³-hybridized carbons (Fsp3) is 0.750. The van der Waals surface area contributed by atoms with Crippen LogP contribution < -0.4 is 5.32 Å². The zero-order chi connectivity index (χ0) is 13.9. The van der Waals surface area contributed by atoms with Crippen LogP contribution in [0, 0.1) is 0 Å². The summed E-state index contributed by atoms with van der Waals surface area (Å²) in [6, 6.07) is 0.561. The average Bonchev–Trinajstić information content (AvgIpc) is 2.81. The van der Waals surface area contributed by atoms with E-state index in [2.05, 4.69) is 43.0 Å². The Bertz CT molecular complexity index is 409. The van der Waals surface area contributed by atoms with E-state index in [9.17, 15) is 0 Å². The minimum atomic E-state index is -0.0359. The van der Waals surface area contributed by atoms with Gasteiger partial charge in [0.2, 0.25) is 0 Å². The molecule has 1 aromatic rings. The molecule has 0 aliphatic heterocycles. The minimum Gasteiger partial charge on any atom is -0.379 e. The van der Waals surface area contributed by atoms with Crippen molar-refractivity contribution in [1.29, 1.82) is 0 Å². The van der Waals surface area contributed by atoms with Gasteiger partial charge in [-0.15, -0.1) is 0 Å². The molecule has 1 unspecified atom stereocenters. The van der Waals surface area contributed by atoms with Gasteiger partial charge in [-0.05, 0) is 57.2 Å². The van der Waals surface area contributed by atoms with Crippen molar-refractivity contribution in [2.75, 3.05) is 13.7 Å². The molecule has 0 spiro atoms. The zero-order valence-corrected chi connectivity index (χ0v) is 12.8. The summed E-state index contributed by atoms with van der Waals surface area (Å²) in [7, 11) is 1.79. The van der Waals surface area contributed by atoms with E-state index in [0.29, 0.717) is 6.04 Å². The van der Waals surface area contributed by atoms with Crippen LogP contribution in [0.3, 0.4) is 0 Å². The summed E-state index contributed by atoms with van der Waals surface area (Å²) in [5.41, 5.74) is 3.02. The number of ether oxygens (including phenoxy) is 1. The summed E-state index contributed by atoms with van der Waals surface area (Å²) in [5.74, 6) is 0. The van der Waals surface area contributed by atoms with Gasteiger partial charge in [0.05, 0.1) is 5.60 Å². The molecule has 0 saturated heterocycles. The predicted molar refractivity (Wildman–Crippen MR) is 79.5 cm³/mol. The highest BCUT2D eigenvalue weighted by Gasteiger charge is 2.22. The van der Waals surface area contributed by atoms with Gasteiger partial charge in [-0.2, -0.15) is 0 Å². The Morgan fingerprint density at radius 2 is 2.21 bits per heavy atom. The van der Waals surface area contributed by atoms with Crippen LogP contribution in [0.1, 0.15) is 57.2 Å². The molecule has 1 heterocycles. The Kier molecular flexibility index (Phi) is 4.69. The van der Waals surface area contributed by atoms with Gasteiger partial charge in [-0.25, -0.2) is 0 Å². The van der Waals surface area contributed by atoms with Crippen LogP contribution in [0.5, 0.6) is 0 Å². The first-order valence-corrected chi connectivity index (χ1v) is 7.53. The lowest BCUT2D eigenvalue weighted by atomic mass is 9.91. The number of hydrogen-bond donors (Lipinski definition) is 1. The summed E-state index contributed by atoms with van der Waals surface area (Å²) in [5, 5.41) is 3.60. The molecule has 1 aliphatic rings. The van der Waals surface area contributed by atoms with Crippen LogP contribution in [0.2, 0.25) is 0 Å². The third-order valence-electron chi connectivity index (χ3n) is 4.29. The highest BCUT2D eigenvalue weighted by Crippen LogP contribution is 2.30. The monoisotopic (exact) mass is 264 g/mol. The van der Waals surface area contributed by atoms with E-state index in [1.165, 1.54) is 30.4 Å². The van der Waals surface area contributed by atoms with Crippen molar-refractivity contribution >= 4 is 0 Å². The second-order valence-electron chi connectivity index (χ2n) is 6.19. The molecule has 1 atom stereocenters. The number of aromatic nitrogens is 1. The molecular weight excluding hydrogens is 236 g/mol. The Morgan fingerprint density at radius 3 is 2.89 bits per heavy atom. The van der Waals surface area contributed by atoms with Crippen LogP contribution in [0.4, 0.5) is 0 Å². The third kappa shape index (κ3) is 3.61. The summed E-state index contributed by atoms with van der Waals surface area (Å²) in [4.78, 5) is 0. The van der Waals surface area contributed by atoms with E-state index >= 15 is 0 Å². The first kappa shape index (κ1) is 14.6. The van der Waals surface area contributed by atoms with Crippen molar-refractivity contribution in [3.05, 3.63) is 23.5 Å². The molecule has 3 nitrogen and oxygen atoms in total. The first-order chi connectivity index (χ1) is 9.05. The van der Waals surface area contributed by atoms with Crippen molar-refractivity contribution in [2.45, 2.75) is 64.6 Å². The number of methoxy groups -OCH3 is 1. The molecule has 0 fully saturated rings. The van der Waals surface area contributed by atoms with E-state index in [1.807, 2.05) is 0 Å². The summed E-state index contributed by atoms with van der Waals surface area (Å²) in [6.45, 7) is 8.57. The predicted octanol–water partition coefficient (Wildman–Crippen LogP) is 3.29. The fourth-order valence-corrected chi connectivity index (χ4v) is 2.84. The van der Waals surface area contributed by atoms with Gasteiger partial charge in [0, 0.05) is 32.1 Å². The number of fused-ring (bicyclic) bond motifs is 1. The van der Waals surface area contributed by atoms with E-state index < -0.39 is 0 Å². The molecule has 0 radical (unpaired) electrons. The van der Waals surface area contributed by atoms with Gasteiger partial charge in [-0.3, -0.25) is 0 Å². The maximum atomic E-state index is 5.50. The van der Waals surface area contributed by atoms with Crippen molar-refractivity contribution in [3.63, 3.8) is 0 Å². The van der Waals surface area contributed by atoms with Gasteiger partial charge < -0.3 is 14.6 Å². The normalized spacial score (nSPS) is 19.5. The maximum absolute atomic E-state index is 5.50. The molecule has 1 N–H and O–H groups in total. The van der Waals surface area contributed by atoms with Crippen molar-refractivity contribution in [1.82, 2.24) is 9.88 Å². The van der Waals surface area contributed by atoms with Crippen molar-refractivity contribution < 1.29 is 4.74 Å². The van der Waals surface area contributed by atoms with Gasteiger partial charge in [0.15, 0.2) is 0 Å². The molecule has 108 valence electrons. The molecule has 2 rings (SSSR count). The molecular formula is C16H28N2O. The van der Waals surface area contributed by atoms with Crippen LogP contribution in [-0.2, 0) is 17.7 Å². The number of nitrogens with zero attached hydrogens (tertiary/aromatic N) is 1. The van der Waals surface area contributed by atoms with Gasteiger partial charge in [-0.1, -0.05) is 6.92 Å². The second-order valence-corrected chi connectivity index (χ2v) is 6.19. The largest absolute Gasteiger partial charge is 0.379 e. The molecule has 1 aromatic heterocycles. The summed E-state index contributed by atoms with van der Waals surface area (Å²) in [6.07, 6.45) is 9.53. The summed E-state index contributed by atoms with van der Waals surface area (Å²) < 4.78 is 7.84. The summed E-state index contributed by atoms with van der Waals surface area (Å²) >= 11 is 0. The molecule has 0 saturated carbocycles. The zero-order valence-electron chi connectivity index (χ0n) is 12.8. The Morgan fingerprint density at radius 1 is 1.42 bits per heavy atom. The molecule has 19 heavy (non-hydrogen) atoms. The lowest BCUT2D eigenvalue weighted by Gasteiger charge is -2.23. The van der Waals surface area contributed by atoms with E-state index in [0.717, 1.165) is 19.5 Å². The van der Waals surface area contributed by atoms with Crippen LogP contribution >= 0.6 is 0 Å². The van der Waals surface area contributed by atoms with Gasteiger partial charge in [0.25, 0.3) is 0 Å². The molecule has 0 bridgehead atoms. The van der Waals surface area contributed by atoms with Crippen LogP contribution in [0.15, 0.2) is 12.4 Å². The highest BCUT2D eigenvalue weighted by molar-refractivity contribution is 5.30. The minimum absolute atomic E-state index is 0.0359. The van der Waals surface area contributed by atoms with E-state index in [1.54, 1.807) is 7.11 Å². The number of aryl methyl sites for hydroxylation is 2. The number of rotatable bonds is 6. The van der Waals surface area contributed by atoms with Crippen molar-refractivity contribution in [2.24, 2.45) is 0 Å².